The normalized spacial score (nSPS) is 17.7. The molecule has 8 heteroatoms. The van der Waals surface area contributed by atoms with Gasteiger partial charge in [0.05, 0.1) is 25.9 Å². The van der Waals surface area contributed by atoms with Crippen LogP contribution in [-0.4, -0.2) is 59.5 Å². The van der Waals surface area contributed by atoms with Crippen molar-refractivity contribution in [1.82, 2.24) is 14.5 Å². The second kappa shape index (κ2) is 9.25. The molecule has 1 saturated heterocycles. The lowest BCUT2D eigenvalue weighted by molar-refractivity contribution is 0.0369. The largest absolute Gasteiger partial charge is 0.508 e. The number of aromatic nitrogens is 2. The molecular formula is C25H28N4O4. The maximum absolute atomic E-state index is 9.99. The van der Waals surface area contributed by atoms with Crippen molar-refractivity contribution in [1.29, 1.82) is 5.41 Å². The number of phenolic OH excluding ortho intramolecular Hbond substituents is 1. The van der Waals surface area contributed by atoms with Crippen molar-refractivity contribution >= 4 is 0 Å². The molecule has 1 fully saturated rings. The summed E-state index contributed by atoms with van der Waals surface area (Å²) in [7, 11) is 1.64. The number of aryl methyl sites for hydroxylation is 1. The van der Waals surface area contributed by atoms with Crippen LogP contribution in [0.4, 0.5) is 0 Å². The van der Waals surface area contributed by atoms with Gasteiger partial charge in [0, 0.05) is 43.7 Å². The Morgan fingerprint density at radius 3 is 2.67 bits per heavy atom. The Hall–Kier alpha value is -3.36. The van der Waals surface area contributed by atoms with Crippen LogP contribution in [0.5, 0.6) is 23.1 Å². The summed E-state index contributed by atoms with van der Waals surface area (Å²) in [6.45, 7) is 5.15. The molecule has 172 valence electrons. The SMILES string of the molecule is COc1ccc(C2c3ccc(O)cc3Oc3ncn(CCCN4CCOCC4)c(=N)c32)cc1. The van der Waals surface area contributed by atoms with Gasteiger partial charge in [0.1, 0.15) is 29.1 Å². The van der Waals surface area contributed by atoms with E-state index in [1.165, 1.54) is 0 Å². The van der Waals surface area contributed by atoms with Gasteiger partial charge >= 0.3 is 0 Å². The number of hydrogen-bond donors (Lipinski definition) is 2. The van der Waals surface area contributed by atoms with E-state index in [2.05, 4.69) is 9.88 Å². The molecule has 0 bridgehead atoms. The number of hydrogen-bond acceptors (Lipinski definition) is 7. The van der Waals surface area contributed by atoms with E-state index in [0.717, 1.165) is 61.7 Å². The fourth-order valence-electron chi connectivity index (χ4n) is 4.56. The highest BCUT2D eigenvalue weighted by atomic mass is 16.5. The van der Waals surface area contributed by atoms with Crippen LogP contribution in [0.3, 0.4) is 0 Å². The molecule has 2 aromatic carbocycles. The summed E-state index contributed by atoms with van der Waals surface area (Å²) in [5, 5.41) is 19.0. The average molecular weight is 449 g/mol. The van der Waals surface area contributed by atoms with Crippen molar-refractivity contribution < 1.29 is 19.3 Å². The van der Waals surface area contributed by atoms with Gasteiger partial charge in [0.25, 0.3) is 0 Å². The number of benzene rings is 2. The topological polar surface area (TPSA) is 92.8 Å². The number of phenols is 1. The van der Waals surface area contributed by atoms with Gasteiger partial charge in [-0.25, -0.2) is 4.98 Å². The summed E-state index contributed by atoms with van der Waals surface area (Å²) >= 11 is 0. The molecule has 2 aliphatic heterocycles. The highest BCUT2D eigenvalue weighted by Crippen LogP contribution is 2.46. The predicted molar refractivity (Wildman–Crippen MR) is 122 cm³/mol. The zero-order valence-electron chi connectivity index (χ0n) is 18.7. The van der Waals surface area contributed by atoms with Crippen LogP contribution in [0.2, 0.25) is 0 Å². The fraction of sp³-hybridized carbons (Fsp3) is 0.360. The predicted octanol–water partition coefficient (Wildman–Crippen LogP) is 3.08. The Morgan fingerprint density at radius 1 is 1.12 bits per heavy atom. The van der Waals surface area contributed by atoms with Crippen molar-refractivity contribution in [3.05, 3.63) is 71.0 Å². The number of nitrogens with zero attached hydrogens (tertiary/aromatic N) is 3. The van der Waals surface area contributed by atoms with Gasteiger partial charge in [0.2, 0.25) is 5.88 Å². The number of fused-ring (bicyclic) bond motifs is 2. The van der Waals surface area contributed by atoms with Gasteiger partial charge < -0.3 is 23.9 Å². The molecule has 1 aromatic heterocycles. The summed E-state index contributed by atoms with van der Waals surface area (Å²) in [5.41, 5.74) is 3.02. The molecular weight excluding hydrogens is 420 g/mol. The van der Waals surface area contributed by atoms with Crippen molar-refractivity contribution in [3.63, 3.8) is 0 Å². The smallest absolute Gasteiger partial charge is 0.228 e. The summed E-state index contributed by atoms with van der Waals surface area (Å²) in [4.78, 5) is 6.96. The highest BCUT2D eigenvalue weighted by Gasteiger charge is 2.32. The Kier molecular flexibility index (Phi) is 6.02. The zero-order valence-corrected chi connectivity index (χ0v) is 18.7. The third-order valence-electron chi connectivity index (χ3n) is 6.32. The van der Waals surface area contributed by atoms with Gasteiger partial charge in [-0.2, -0.15) is 0 Å². The minimum Gasteiger partial charge on any atom is -0.508 e. The first-order valence-corrected chi connectivity index (χ1v) is 11.2. The molecule has 0 saturated carbocycles. The van der Waals surface area contributed by atoms with Crippen molar-refractivity contribution in [3.8, 4) is 23.1 Å². The minimum atomic E-state index is -0.234. The Morgan fingerprint density at radius 2 is 1.91 bits per heavy atom. The first kappa shape index (κ1) is 21.5. The van der Waals surface area contributed by atoms with E-state index in [9.17, 15) is 5.11 Å². The van der Waals surface area contributed by atoms with Crippen LogP contribution < -0.4 is 15.0 Å². The van der Waals surface area contributed by atoms with Crippen LogP contribution in [-0.2, 0) is 11.3 Å². The standard InChI is InChI=1S/C25H28N4O4/c1-31-19-6-3-17(4-7-19)22-20-8-5-18(30)15-21(20)33-25-23(22)24(26)29(16-27-25)10-2-9-28-11-13-32-14-12-28/h3-8,15-16,22,26,30H,2,9-14H2,1H3. The van der Waals surface area contributed by atoms with Crippen molar-refractivity contribution in [2.75, 3.05) is 40.0 Å². The van der Waals surface area contributed by atoms with Gasteiger partial charge in [0.15, 0.2) is 0 Å². The third-order valence-corrected chi connectivity index (χ3v) is 6.32. The molecule has 1 unspecified atom stereocenters. The van der Waals surface area contributed by atoms with E-state index in [4.69, 9.17) is 19.6 Å². The number of aromatic hydroxyl groups is 1. The van der Waals surface area contributed by atoms with E-state index in [-0.39, 0.29) is 11.7 Å². The number of morpholine rings is 1. The molecule has 5 rings (SSSR count). The summed E-state index contributed by atoms with van der Waals surface area (Å²) in [6.07, 6.45) is 2.61. The molecule has 2 N–H and O–H groups in total. The van der Waals surface area contributed by atoms with Gasteiger partial charge in [-0.3, -0.25) is 10.3 Å². The summed E-state index contributed by atoms with van der Waals surface area (Å²) in [5.74, 6) is 1.63. The lowest BCUT2D eigenvalue weighted by Crippen LogP contribution is -2.37. The third kappa shape index (κ3) is 4.31. The Labute approximate surface area is 192 Å². The monoisotopic (exact) mass is 448 g/mol. The second-order valence-corrected chi connectivity index (χ2v) is 8.34. The van der Waals surface area contributed by atoms with Gasteiger partial charge in [-0.15, -0.1) is 0 Å². The second-order valence-electron chi connectivity index (χ2n) is 8.34. The molecule has 33 heavy (non-hydrogen) atoms. The fourth-order valence-corrected chi connectivity index (χ4v) is 4.56. The highest BCUT2D eigenvalue weighted by molar-refractivity contribution is 5.57. The molecule has 3 aromatic rings. The number of methoxy groups -OCH3 is 1. The molecule has 0 amide bonds. The van der Waals surface area contributed by atoms with Crippen molar-refractivity contribution in [2.24, 2.45) is 0 Å². The van der Waals surface area contributed by atoms with E-state index in [0.29, 0.717) is 23.7 Å². The first-order valence-electron chi connectivity index (χ1n) is 11.2. The Balaban J connectivity index is 1.49. The maximum atomic E-state index is 9.99. The average Bonchev–Trinajstić information content (AvgIpc) is 2.85. The maximum Gasteiger partial charge on any atom is 0.228 e. The van der Waals surface area contributed by atoms with Crippen LogP contribution in [0, 0.1) is 5.41 Å². The van der Waals surface area contributed by atoms with Crippen LogP contribution >= 0.6 is 0 Å². The zero-order chi connectivity index (χ0) is 22.8. The molecule has 0 aliphatic carbocycles. The van der Waals surface area contributed by atoms with Crippen LogP contribution in [0.25, 0.3) is 0 Å². The molecule has 2 aliphatic rings. The summed E-state index contributed by atoms with van der Waals surface area (Å²) in [6, 6.07) is 13.0. The van der Waals surface area contributed by atoms with Gasteiger partial charge in [-0.1, -0.05) is 18.2 Å². The Bertz CT molecular complexity index is 1190. The van der Waals surface area contributed by atoms with E-state index in [1.54, 1.807) is 25.6 Å². The molecule has 3 heterocycles. The quantitative estimate of drug-likeness (QED) is 0.471. The summed E-state index contributed by atoms with van der Waals surface area (Å²) < 4.78 is 18.7. The molecule has 8 nitrogen and oxygen atoms in total. The van der Waals surface area contributed by atoms with E-state index in [1.807, 2.05) is 34.9 Å². The van der Waals surface area contributed by atoms with E-state index >= 15 is 0 Å². The minimum absolute atomic E-state index is 0.130. The van der Waals surface area contributed by atoms with Crippen LogP contribution in [0.15, 0.2) is 48.8 Å². The lowest BCUT2D eigenvalue weighted by Gasteiger charge is -2.29. The van der Waals surface area contributed by atoms with Crippen molar-refractivity contribution in [2.45, 2.75) is 18.9 Å². The van der Waals surface area contributed by atoms with Gasteiger partial charge in [-0.05, 0) is 30.2 Å². The lowest BCUT2D eigenvalue weighted by atomic mass is 9.84. The number of ether oxygens (including phenoxy) is 3. The molecule has 0 radical (unpaired) electrons. The number of nitrogens with one attached hydrogen (secondary N) is 1. The number of rotatable bonds is 6. The molecule has 1 atom stereocenters. The van der Waals surface area contributed by atoms with E-state index < -0.39 is 0 Å². The molecule has 0 spiro atoms. The van der Waals surface area contributed by atoms with Crippen LogP contribution in [0.1, 0.15) is 29.0 Å². The first-order chi connectivity index (χ1) is 16.1.